The molecule has 0 aliphatic heterocycles. The number of nitrogens with one attached hydrogen (secondary N) is 1. The number of amides is 1. The molecule has 0 saturated heterocycles. The van der Waals surface area contributed by atoms with Gasteiger partial charge in [-0.25, -0.2) is 8.78 Å². The first-order valence-corrected chi connectivity index (χ1v) is 6.88. The third kappa shape index (κ3) is 5.25. The van der Waals surface area contributed by atoms with Gasteiger partial charge in [-0.3, -0.25) is 4.79 Å². The summed E-state index contributed by atoms with van der Waals surface area (Å²) in [5.74, 6) is -1.01. The van der Waals surface area contributed by atoms with Gasteiger partial charge >= 0.3 is 0 Å². The molecule has 0 heterocycles. The van der Waals surface area contributed by atoms with Crippen molar-refractivity contribution in [2.45, 2.75) is 39.2 Å². The average Bonchev–Trinajstić information content (AvgIpc) is 2.36. The molecule has 5 heteroatoms. The Bertz CT molecular complexity index is 451. The molecule has 0 saturated carbocycles. The second-order valence-corrected chi connectivity index (χ2v) is 5.18. The lowest BCUT2D eigenvalue weighted by Gasteiger charge is -2.16. The number of rotatable bonds is 7. The Kier molecular flexibility index (Phi) is 6.58. The van der Waals surface area contributed by atoms with Crippen molar-refractivity contribution >= 4 is 5.91 Å². The van der Waals surface area contributed by atoms with Crippen molar-refractivity contribution in [3.8, 4) is 0 Å². The van der Waals surface area contributed by atoms with Crippen LogP contribution in [0.2, 0.25) is 0 Å². The van der Waals surface area contributed by atoms with E-state index in [2.05, 4.69) is 5.32 Å². The van der Waals surface area contributed by atoms with E-state index in [9.17, 15) is 13.6 Å². The van der Waals surface area contributed by atoms with Crippen molar-refractivity contribution in [2.75, 3.05) is 6.54 Å². The van der Waals surface area contributed by atoms with E-state index in [1.54, 1.807) is 6.92 Å². The van der Waals surface area contributed by atoms with Crippen LogP contribution in [0.5, 0.6) is 0 Å². The number of halogens is 2. The highest BCUT2D eigenvalue weighted by atomic mass is 19.1. The molecule has 1 aromatic rings. The monoisotopic (exact) mass is 284 g/mol. The topological polar surface area (TPSA) is 55.1 Å². The van der Waals surface area contributed by atoms with Crippen LogP contribution in [0.1, 0.15) is 44.7 Å². The first kappa shape index (κ1) is 16.6. The second-order valence-electron chi connectivity index (χ2n) is 5.18. The predicted molar refractivity (Wildman–Crippen MR) is 75.0 cm³/mol. The van der Waals surface area contributed by atoms with E-state index >= 15 is 0 Å². The van der Waals surface area contributed by atoms with Gasteiger partial charge in [0, 0.05) is 18.1 Å². The molecule has 3 N–H and O–H groups in total. The first-order chi connectivity index (χ1) is 9.43. The Labute approximate surface area is 118 Å². The maximum Gasteiger partial charge on any atom is 0.220 e. The van der Waals surface area contributed by atoms with Crippen LogP contribution >= 0.6 is 0 Å². The minimum absolute atomic E-state index is 0.134. The quantitative estimate of drug-likeness (QED) is 0.809. The van der Waals surface area contributed by atoms with Crippen LogP contribution in [0.25, 0.3) is 0 Å². The molecule has 2 atom stereocenters. The van der Waals surface area contributed by atoms with Crippen molar-refractivity contribution in [2.24, 2.45) is 11.7 Å². The third-order valence-electron chi connectivity index (χ3n) is 3.33. The van der Waals surface area contributed by atoms with E-state index in [0.29, 0.717) is 18.9 Å². The molecule has 112 valence electrons. The summed E-state index contributed by atoms with van der Waals surface area (Å²) in [6.07, 6.45) is 2.02. The standard InChI is InChI=1S/C15H22F2N2O/c1-10(7-8-18)3-6-15(20)19-11(2)13-5-4-12(16)9-14(13)17/h4-5,9-11H,3,6-8,18H2,1-2H3,(H,19,20). The number of carbonyl (C=O) groups is 1. The maximum absolute atomic E-state index is 13.6. The molecule has 0 fully saturated rings. The largest absolute Gasteiger partial charge is 0.349 e. The zero-order valence-electron chi connectivity index (χ0n) is 12.0. The lowest BCUT2D eigenvalue weighted by Crippen LogP contribution is -2.27. The SMILES string of the molecule is CC(CCN)CCC(=O)NC(C)c1ccc(F)cc1F. The Hall–Kier alpha value is -1.49. The van der Waals surface area contributed by atoms with Crippen molar-refractivity contribution in [3.63, 3.8) is 0 Å². The summed E-state index contributed by atoms with van der Waals surface area (Å²) < 4.78 is 26.4. The molecule has 1 aromatic carbocycles. The highest BCUT2D eigenvalue weighted by Gasteiger charge is 2.14. The molecule has 20 heavy (non-hydrogen) atoms. The molecule has 1 rings (SSSR count). The summed E-state index contributed by atoms with van der Waals surface area (Å²) >= 11 is 0. The molecule has 3 nitrogen and oxygen atoms in total. The van der Waals surface area contributed by atoms with Gasteiger partial charge in [0.1, 0.15) is 11.6 Å². The minimum atomic E-state index is -0.644. The molecular formula is C15H22F2N2O. The van der Waals surface area contributed by atoms with E-state index in [-0.39, 0.29) is 11.5 Å². The predicted octanol–water partition coefficient (Wildman–Crippen LogP) is 2.91. The number of carbonyl (C=O) groups excluding carboxylic acids is 1. The van der Waals surface area contributed by atoms with Gasteiger partial charge in [-0.05, 0) is 38.3 Å². The van der Waals surface area contributed by atoms with Crippen molar-refractivity contribution < 1.29 is 13.6 Å². The van der Waals surface area contributed by atoms with Crippen LogP contribution in [-0.4, -0.2) is 12.5 Å². The first-order valence-electron chi connectivity index (χ1n) is 6.88. The summed E-state index contributed by atoms with van der Waals surface area (Å²) in [7, 11) is 0. The Morgan fingerprint density at radius 1 is 1.30 bits per heavy atom. The fourth-order valence-electron chi connectivity index (χ4n) is 2.05. The zero-order valence-corrected chi connectivity index (χ0v) is 12.0. The molecule has 2 unspecified atom stereocenters. The van der Waals surface area contributed by atoms with E-state index < -0.39 is 17.7 Å². The fraction of sp³-hybridized carbons (Fsp3) is 0.533. The van der Waals surface area contributed by atoms with Crippen LogP contribution in [-0.2, 0) is 4.79 Å². The Morgan fingerprint density at radius 2 is 2.00 bits per heavy atom. The number of nitrogens with two attached hydrogens (primary N) is 1. The summed E-state index contributed by atoms with van der Waals surface area (Å²) in [6, 6.07) is 2.88. The van der Waals surface area contributed by atoms with Crippen molar-refractivity contribution in [1.82, 2.24) is 5.32 Å². The summed E-state index contributed by atoms with van der Waals surface area (Å²) in [6.45, 7) is 4.33. The van der Waals surface area contributed by atoms with Crippen LogP contribution < -0.4 is 11.1 Å². The van der Waals surface area contributed by atoms with Crippen LogP contribution in [0.15, 0.2) is 18.2 Å². The zero-order chi connectivity index (χ0) is 15.1. The Morgan fingerprint density at radius 3 is 2.60 bits per heavy atom. The highest BCUT2D eigenvalue weighted by molar-refractivity contribution is 5.76. The lowest BCUT2D eigenvalue weighted by atomic mass is 10.0. The van der Waals surface area contributed by atoms with E-state index in [0.717, 1.165) is 18.9 Å². The fourth-order valence-corrected chi connectivity index (χ4v) is 2.05. The number of hydrogen-bond donors (Lipinski definition) is 2. The van der Waals surface area contributed by atoms with Gasteiger partial charge in [0.25, 0.3) is 0 Å². The molecular weight excluding hydrogens is 262 g/mol. The smallest absolute Gasteiger partial charge is 0.220 e. The Balaban J connectivity index is 2.49. The van der Waals surface area contributed by atoms with Crippen LogP contribution in [0.4, 0.5) is 8.78 Å². The van der Waals surface area contributed by atoms with Gasteiger partial charge in [-0.15, -0.1) is 0 Å². The van der Waals surface area contributed by atoms with E-state index in [4.69, 9.17) is 5.73 Å². The maximum atomic E-state index is 13.6. The lowest BCUT2D eigenvalue weighted by molar-refractivity contribution is -0.122. The molecule has 0 bridgehead atoms. The summed E-state index contributed by atoms with van der Waals surface area (Å²) in [5.41, 5.74) is 5.74. The van der Waals surface area contributed by atoms with Gasteiger partial charge in [0.05, 0.1) is 6.04 Å². The summed E-state index contributed by atoms with van der Waals surface area (Å²) in [4.78, 5) is 11.8. The van der Waals surface area contributed by atoms with Gasteiger partial charge in [-0.2, -0.15) is 0 Å². The van der Waals surface area contributed by atoms with Gasteiger partial charge in [-0.1, -0.05) is 13.0 Å². The molecule has 0 spiro atoms. The molecule has 0 radical (unpaired) electrons. The molecule has 0 aliphatic rings. The van der Waals surface area contributed by atoms with Gasteiger partial charge in [0.2, 0.25) is 5.91 Å². The van der Waals surface area contributed by atoms with E-state index in [1.807, 2.05) is 6.92 Å². The minimum Gasteiger partial charge on any atom is -0.349 e. The molecule has 0 aliphatic carbocycles. The van der Waals surface area contributed by atoms with E-state index in [1.165, 1.54) is 12.1 Å². The molecule has 0 aromatic heterocycles. The third-order valence-corrected chi connectivity index (χ3v) is 3.33. The van der Waals surface area contributed by atoms with Crippen molar-refractivity contribution in [3.05, 3.63) is 35.4 Å². The van der Waals surface area contributed by atoms with Crippen molar-refractivity contribution in [1.29, 1.82) is 0 Å². The van der Waals surface area contributed by atoms with Gasteiger partial charge in [0.15, 0.2) is 0 Å². The number of benzene rings is 1. The van der Waals surface area contributed by atoms with Crippen LogP contribution in [0.3, 0.4) is 0 Å². The molecule has 1 amide bonds. The summed E-state index contributed by atoms with van der Waals surface area (Å²) in [5, 5.41) is 2.72. The number of hydrogen-bond acceptors (Lipinski definition) is 2. The second kappa shape index (κ2) is 7.94. The highest BCUT2D eigenvalue weighted by Crippen LogP contribution is 2.18. The van der Waals surface area contributed by atoms with Gasteiger partial charge < -0.3 is 11.1 Å². The normalized spacial score (nSPS) is 13.8. The average molecular weight is 284 g/mol. The van der Waals surface area contributed by atoms with Crippen LogP contribution in [0, 0.1) is 17.6 Å².